The van der Waals surface area contributed by atoms with Gasteiger partial charge in [0.15, 0.2) is 0 Å². The third kappa shape index (κ3) is 3.40. The molecule has 0 aromatic heterocycles. The predicted molar refractivity (Wildman–Crippen MR) is 82.3 cm³/mol. The monoisotopic (exact) mass is 274 g/mol. The van der Waals surface area contributed by atoms with Gasteiger partial charge in [-0.25, -0.2) is 0 Å². The summed E-state index contributed by atoms with van der Waals surface area (Å²) in [6.07, 6.45) is 5.69. The van der Waals surface area contributed by atoms with Crippen LogP contribution in [0.1, 0.15) is 57.7 Å². The van der Waals surface area contributed by atoms with E-state index >= 15 is 0 Å². The molecule has 0 spiro atoms. The molecule has 2 atom stereocenters. The molecule has 0 saturated carbocycles. The van der Waals surface area contributed by atoms with Crippen LogP contribution in [-0.4, -0.2) is 23.4 Å². The van der Waals surface area contributed by atoms with Crippen LogP contribution in [0.2, 0.25) is 0 Å². The van der Waals surface area contributed by atoms with Gasteiger partial charge in [-0.1, -0.05) is 63.4 Å². The molecule has 1 aromatic carbocycles. The maximum absolute atomic E-state index is 12.4. The number of nitrogens with one attached hydrogen (secondary N) is 1. The van der Waals surface area contributed by atoms with Crippen molar-refractivity contribution in [2.45, 2.75) is 58.2 Å². The standard InChI is InChI=1S/C17H26N2O/c1-3-5-6-10-13-19-16(14-11-8-7-9-12-14)18-15(4-2)17(19)20/h7-9,11-12,15-16,18H,3-6,10,13H2,1-2H3. The lowest BCUT2D eigenvalue weighted by molar-refractivity contribution is -0.130. The van der Waals surface area contributed by atoms with E-state index in [0.717, 1.165) is 19.4 Å². The highest BCUT2D eigenvalue weighted by Gasteiger charge is 2.37. The number of unbranched alkanes of at least 4 members (excludes halogenated alkanes) is 3. The van der Waals surface area contributed by atoms with Crippen LogP contribution in [0.4, 0.5) is 0 Å². The number of hydrogen-bond donors (Lipinski definition) is 1. The Morgan fingerprint density at radius 3 is 2.50 bits per heavy atom. The molecule has 1 aliphatic rings. The van der Waals surface area contributed by atoms with Gasteiger partial charge in [0.05, 0.1) is 6.04 Å². The zero-order chi connectivity index (χ0) is 14.4. The number of hydrogen-bond acceptors (Lipinski definition) is 2. The summed E-state index contributed by atoms with van der Waals surface area (Å²) >= 11 is 0. The van der Waals surface area contributed by atoms with Crippen molar-refractivity contribution in [3.05, 3.63) is 35.9 Å². The number of amides is 1. The third-order valence-electron chi connectivity index (χ3n) is 4.03. The first kappa shape index (κ1) is 15.0. The second-order valence-corrected chi connectivity index (χ2v) is 5.53. The molecule has 0 bridgehead atoms. The molecular weight excluding hydrogens is 248 g/mol. The van der Waals surface area contributed by atoms with Gasteiger partial charge in [0.1, 0.15) is 6.17 Å². The van der Waals surface area contributed by atoms with Crippen molar-refractivity contribution in [1.29, 1.82) is 0 Å². The van der Waals surface area contributed by atoms with Crippen LogP contribution < -0.4 is 5.32 Å². The normalized spacial score (nSPS) is 22.5. The third-order valence-corrected chi connectivity index (χ3v) is 4.03. The van der Waals surface area contributed by atoms with Gasteiger partial charge in [-0.15, -0.1) is 0 Å². The van der Waals surface area contributed by atoms with Crippen LogP contribution in [0, 0.1) is 0 Å². The van der Waals surface area contributed by atoms with Crippen molar-refractivity contribution in [1.82, 2.24) is 10.2 Å². The van der Waals surface area contributed by atoms with Crippen molar-refractivity contribution < 1.29 is 4.79 Å². The molecule has 2 rings (SSSR count). The molecule has 20 heavy (non-hydrogen) atoms. The van der Waals surface area contributed by atoms with E-state index in [1.807, 2.05) is 23.1 Å². The molecule has 0 radical (unpaired) electrons. The van der Waals surface area contributed by atoms with Crippen molar-refractivity contribution in [3.63, 3.8) is 0 Å². The summed E-state index contributed by atoms with van der Waals surface area (Å²) in [4.78, 5) is 14.5. The Labute approximate surface area is 122 Å². The predicted octanol–water partition coefficient (Wildman–Crippen LogP) is 3.48. The first-order chi connectivity index (χ1) is 9.77. The zero-order valence-electron chi connectivity index (χ0n) is 12.6. The van der Waals surface area contributed by atoms with Crippen LogP contribution in [0.25, 0.3) is 0 Å². The van der Waals surface area contributed by atoms with Crippen molar-refractivity contribution in [2.75, 3.05) is 6.54 Å². The minimum atomic E-state index is -0.0219. The minimum absolute atomic E-state index is 0.0219. The largest absolute Gasteiger partial charge is 0.322 e. The van der Waals surface area contributed by atoms with E-state index in [1.165, 1.54) is 24.8 Å². The van der Waals surface area contributed by atoms with E-state index in [9.17, 15) is 4.79 Å². The summed E-state index contributed by atoms with van der Waals surface area (Å²) < 4.78 is 0. The maximum atomic E-state index is 12.4. The van der Waals surface area contributed by atoms with Crippen molar-refractivity contribution in [3.8, 4) is 0 Å². The highest BCUT2D eigenvalue weighted by Crippen LogP contribution is 2.26. The van der Waals surface area contributed by atoms with E-state index in [1.54, 1.807) is 0 Å². The van der Waals surface area contributed by atoms with Crippen LogP contribution in [0.5, 0.6) is 0 Å². The van der Waals surface area contributed by atoms with Crippen LogP contribution in [-0.2, 0) is 4.79 Å². The molecule has 3 nitrogen and oxygen atoms in total. The van der Waals surface area contributed by atoms with E-state index < -0.39 is 0 Å². The topological polar surface area (TPSA) is 32.3 Å². The first-order valence-electron chi connectivity index (χ1n) is 7.89. The molecule has 1 heterocycles. The Bertz CT molecular complexity index is 418. The van der Waals surface area contributed by atoms with Crippen LogP contribution in [0.15, 0.2) is 30.3 Å². The second-order valence-electron chi connectivity index (χ2n) is 5.53. The highest BCUT2D eigenvalue weighted by atomic mass is 16.2. The summed E-state index contributed by atoms with van der Waals surface area (Å²) in [6, 6.07) is 10.3. The highest BCUT2D eigenvalue weighted by molar-refractivity contribution is 5.84. The maximum Gasteiger partial charge on any atom is 0.241 e. The van der Waals surface area contributed by atoms with Crippen molar-refractivity contribution >= 4 is 5.91 Å². The van der Waals surface area contributed by atoms with Gasteiger partial charge in [0, 0.05) is 6.54 Å². The molecule has 1 aliphatic heterocycles. The SMILES string of the molecule is CCCCCCN1C(=O)C(CC)NC1c1ccccc1. The fraction of sp³-hybridized carbons (Fsp3) is 0.588. The van der Waals surface area contributed by atoms with Gasteiger partial charge in [-0.3, -0.25) is 10.1 Å². The van der Waals surface area contributed by atoms with E-state index in [-0.39, 0.29) is 18.1 Å². The fourth-order valence-electron chi connectivity index (χ4n) is 2.83. The lowest BCUT2D eigenvalue weighted by Crippen LogP contribution is -2.31. The molecule has 0 aliphatic carbocycles. The molecule has 1 amide bonds. The summed E-state index contributed by atoms with van der Waals surface area (Å²) in [5.74, 6) is 0.262. The molecule has 3 heteroatoms. The molecule has 1 aromatic rings. The lowest BCUT2D eigenvalue weighted by atomic mass is 10.1. The zero-order valence-corrected chi connectivity index (χ0v) is 12.6. The quantitative estimate of drug-likeness (QED) is 0.772. The average Bonchev–Trinajstić information content (AvgIpc) is 2.81. The smallest absolute Gasteiger partial charge is 0.241 e. The second kappa shape index (κ2) is 7.44. The van der Waals surface area contributed by atoms with Gasteiger partial charge in [-0.2, -0.15) is 0 Å². The number of benzene rings is 1. The molecule has 2 unspecified atom stereocenters. The number of carbonyl (C=O) groups is 1. The van der Waals surface area contributed by atoms with E-state index in [0.29, 0.717) is 0 Å². The van der Waals surface area contributed by atoms with E-state index in [4.69, 9.17) is 0 Å². The number of carbonyl (C=O) groups excluding carboxylic acids is 1. The lowest BCUT2D eigenvalue weighted by Gasteiger charge is -2.24. The van der Waals surface area contributed by atoms with Gasteiger partial charge < -0.3 is 4.90 Å². The van der Waals surface area contributed by atoms with Crippen molar-refractivity contribution in [2.24, 2.45) is 0 Å². The van der Waals surface area contributed by atoms with Crippen LogP contribution >= 0.6 is 0 Å². The molecule has 1 saturated heterocycles. The van der Waals surface area contributed by atoms with Gasteiger partial charge in [0.25, 0.3) is 0 Å². The molecule has 1 N–H and O–H groups in total. The fourth-order valence-corrected chi connectivity index (χ4v) is 2.83. The Hall–Kier alpha value is -1.35. The minimum Gasteiger partial charge on any atom is -0.322 e. The Kier molecular flexibility index (Phi) is 5.60. The summed E-state index contributed by atoms with van der Waals surface area (Å²) in [5.41, 5.74) is 1.19. The Balaban J connectivity index is 2.05. The summed E-state index contributed by atoms with van der Waals surface area (Å²) in [5, 5.41) is 3.47. The average molecular weight is 274 g/mol. The Morgan fingerprint density at radius 2 is 1.85 bits per heavy atom. The van der Waals surface area contributed by atoms with Crippen LogP contribution in [0.3, 0.4) is 0 Å². The van der Waals surface area contributed by atoms with Gasteiger partial charge in [0.2, 0.25) is 5.91 Å². The van der Waals surface area contributed by atoms with E-state index in [2.05, 4.69) is 31.3 Å². The Morgan fingerprint density at radius 1 is 1.10 bits per heavy atom. The molecular formula is C17H26N2O. The van der Waals surface area contributed by atoms with Gasteiger partial charge >= 0.3 is 0 Å². The summed E-state index contributed by atoms with van der Waals surface area (Å²) in [7, 11) is 0. The number of nitrogens with zero attached hydrogens (tertiary/aromatic N) is 1. The first-order valence-corrected chi connectivity index (χ1v) is 7.89. The summed E-state index contributed by atoms with van der Waals surface area (Å²) in [6.45, 7) is 5.14. The number of rotatable bonds is 7. The molecule has 1 fully saturated rings. The molecule has 110 valence electrons. The van der Waals surface area contributed by atoms with Gasteiger partial charge in [-0.05, 0) is 18.4 Å².